The van der Waals surface area contributed by atoms with Crippen molar-refractivity contribution in [2.75, 3.05) is 0 Å². The fourth-order valence-electron chi connectivity index (χ4n) is 2.39. The second-order valence-electron chi connectivity index (χ2n) is 6.11. The summed E-state index contributed by atoms with van der Waals surface area (Å²) < 4.78 is 5.20. The number of amides is 1. The van der Waals surface area contributed by atoms with Crippen LogP contribution in [0.3, 0.4) is 0 Å². The minimum Gasteiger partial charge on any atom is -0.449 e. The molecule has 0 aromatic heterocycles. The monoisotopic (exact) mass is 393 g/mol. The van der Waals surface area contributed by atoms with Gasteiger partial charge in [0.25, 0.3) is 5.91 Å². The largest absolute Gasteiger partial charge is 0.449 e. The van der Waals surface area contributed by atoms with Gasteiger partial charge < -0.3 is 10.1 Å². The van der Waals surface area contributed by atoms with Crippen molar-refractivity contribution >= 4 is 35.1 Å². The predicted octanol–water partition coefficient (Wildman–Crippen LogP) is 4.68. The summed E-state index contributed by atoms with van der Waals surface area (Å²) in [6.45, 7) is 3.44. The molecule has 2 rings (SSSR count). The molecular weight excluding hydrogens is 373 g/mol. The number of hydrogen-bond acceptors (Lipinski definition) is 3. The zero-order valence-electron chi connectivity index (χ0n) is 14.7. The van der Waals surface area contributed by atoms with E-state index in [0.29, 0.717) is 5.02 Å². The van der Waals surface area contributed by atoms with Crippen molar-refractivity contribution in [1.29, 1.82) is 0 Å². The molecule has 0 heterocycles. The van der Waals surface area contributed by atoms with E-state index >= 15 is 0 Å². The number of ether oxygens (including phenoxy) is 1. The van der Waals surface area contributed by atoms with Crippen LogP contribution >= 0.6 is 23.2 Å². The lowest BCUT2D eigenvalue weighted by Gasteiger charge is -2.18. The van der Waals surface area contributed by atoms with Crippen molar-refractivity contribution in [1.82, 2.24) is 5.32 Å². The standard InChI is InChI=1S/C20H21Cl2NO3/c1-13(8-9-15-6-4-3-5-7-15)23-19(24)14(2)26-20(25)17-12-16(21)10-11-18(17)22/h3-7,10-14H,8-9H2,1-2H3,(H,23,24)/t13-,14+/m1/s1. The van der Waals surface area contributed by atoms with Gasteiger partial charge in [0, 0.05) is 11.1 Å². The number of carbonyl (C=O) groups is 2. The molecule has 138 valence electrons. The number of rotatable bonds is 7. The zero-order chi connectivity index (χ0) is 19.1. The Bertz CT molecular complexity index is 765. The molecule has 2 aromatic carbocycles. The fraction of sp³-hybridized carbons (Fsp3) is 0.300. The highest BCUT2D eigenvalue weighted by Gasteiger charge is 2.22. The zero-order valence-corrected chi connectivity index (χ0v) is 16.2. The predicted molar refractivity (Wildman–Crippen MR) is 104 cm³/mol. The van der Waals surface area contributed by atoms with Crippen LogP contribution in [-0.2, 0) is 16.0 Å². The van der Waals surface area contributed by atoms with Gasteiger partial charge in [0.2, 0.25) is 0 Å². The number of nitrogens with one attached hydrogen (secondary N) is 1. The van der Waals surface area contributed by atoms with Crippen LogP contribution in [0.25, 0.3) is 0 Å². The Kier molecular flexibility index (Phi) is 7.49. The third-order valence-corrected chi connectivity index (χ3v) is 4.46. The van der Waals surface area contributed by atoms with E-state index in [4.69, 9.17) is 27.9 Å². The maximum Gasteiger partial charge on any atom is 0.340 e. The molecular formula is C20H21Cl2NO3. The molecule has 1 N–H and O–H groups in total. The SMILES string of the molecule is C[C@H](CCc1ccccc1)NC(=O)[C@H](C)OC(=O)c1cc(Cl)ccc1Cl. The summed E-state index contributed by atoms with van der Waals surface area (Å²) in [6.07, 6.45) is 0.710. The third-order valence-electron chi connectivity index (χ3n) is 3.90. The number of hydrogen-bond donors (Lipinski definition) is 1. The molecule has 0 saturated heterocycles. The normalized spacial score (nSPS) is 12.9. The molecule has 0 saturated carbocycles. The lowest BCUT2D eigenvalue weighted by atomic mass is 10.1. The fourth-order valence-corrected chi connectivity index (χ4v) is 2.76. The Hall–Kier alpha value is -2.04. The van der Waals surface area contributed by atoms with Gasteiger partial charge in [-0.05, 0) is 50.5 Å². The van der Waals surface area contributed by atoms with Gasteiger partial charge in [-0.3, -0.25) is 4.79 Å². The molecule has 6 heteroatoms. The van der Waals surface area contributed by atoms with E-state index < -0.39 is 12.1 Å². The van der Waals surface area contributed by atoms with Crippen molar-refractivity contribution < 1.29 is 14.3 Å². The molecule has 0 radical (unpaired) electrons. The topological polar surface area (TPSA) is 55.4 Å². The quantitative estimate of drug-likeness (QED) is 0.694. The molecule has 4 nitrogen and oxygen atoms in total. The molecule has 0 aliphatic carbocycles. The number of halogens is 2. The van der Waals surface area contributed by atoms with Crippen LogP contribution in [0, 0.1) is 0 Å². The van der Waals surface area contributed by atoms with Gasteiger partial charge >= 0.3 is 5.97 Å². The molecule has 2 atom stereocenters. The van der Waals surface area contributed by atoms with Gasteiger partial charge in [0.05, 0.1) is 10.6 Å². The molecule has 2 aromatic rings. The first-order valence-corrected chi connectivity index (χ1v) is 9.12. The molecule has 0 aliphatic heterocycles. The average molecular weight is 394 g/mol. The van der Waals surface area contributed by atoms with Crippen LogP contribution in [0.1, 0.15) is 36.2 Å². The smallest absolute Gasteiger partial charge is 0.340 e. The summed E-state index contributed by atoms with van der Waals surface area (Å²) in [6, 6.07) is 14.5. The van der Waals surface area contributed by atoms with Crippen molar-refractivity contribution in [2.24, 2.45) is 0 Å². The van der Waals surface area contributed by atoms with Gasteiger partial charge in [-0.25, -0.2) is 4.79 Å². The van der Waals surface area contributed by atoms with Crippen LogP contribution in [0.2, 0.25) is 10.0 Å². The number of carbonyl (C=O) groups excluding carboxylic acids is 2. The number of benzene rings is 2. The summed E-state index contributed by atoms with van der Waals surface area (Å²) >= 11 is 11.8. The van der Waals surface area contributed by atoms with Crippen molar-refractivity contribution in [3.63, 3.8) is 0 Å². The highest BCUT2D eigenvalue weighted by molar-refractivity contribution is 6.35. The summed E-state index contributed by atoms with van der Waals surface area (Å²) in [5.74, 6) is -1.03. The lowest BCUT2D eigenvalue weighted by Crippen LogP contribution is -2.41. The number of aryl methyl sites for hydroxylation is 1. The van der Waals surface area contributed by atoms with Crippen LogP contribution < -0.4 is 5.32 Å². The Morgan fingerprint density at radius 3 is 2.46 bits per heavy atom. The van der Waals surface area contributed by atoms with Gasteiger partial charge in [0.15, 0.2) is 6.10 Å². The Labute approximate surface area is 163 Å². The summed E-state index contributed by atoms with van der Waals surface area (Å²) in [5, 5.41) is 3.45. The maximum atomic E-state index is 12.2. The molecule has 0 bridgehead atoms. The lowest BCUT2D eigenvalue weighted by molar-refractivity contribution is -0.129. The Morgan fingerprint density at radius 2 is 1.77 bits per heavy atom. The van der Waals surface area contributed by atoms with Crippen molar-refractivity contribution in [2.45, 2.75) is 38.8 Å². The van der Waals surface area contributed by atoms with Crippen LogP contribution in [0.4, 0.5) is 0 Å². The molecule has 26 heavy (non-hydrogen) atoms. The van der Waals surface area contributed by atoms with E-state index in [1.165, 1.54) is 24.6 Å². The highest BCUT2D eigenvalue weighted by Crippen LogP contribution is 2.21. The van der Waals surface area contributed by atoms with Gasteiger partial charge in [0.1, 0.15) is 0 Å². The van der Waals surface area contributed by atoms with Crippen molar-refractivity contribution in [3.8, 4) is 0 Å². The molecule has 1 amide bonds. The summed E-state index contributed by atoms with van der Waals surface area (Å²) in [7, 11) is 0. The van der Waals surface area contributed by atoms with E-state index in [1.807, 2.05) is 37.3 Å². The van der Waals surface area contributed by atoms with Crippen molar-refractivity contribution in [3.05, 3.63) is 69.7 Å². The first-order chi connectivity index (χ1) is 12.4. The Balaban J connectivity index is 1.84. The van der Waals surface area contributed by atoms with E-state index in [1.54, 1.807) is 6.07 Å². The minimum atomic E-state index is -0.934. The Morgan fingerprint density at radius 1 is 1.08 bits per heavy atom. The molecule has 0 spiro atoms. The highest BCUT2D eigenvalue weighted by atomic mass is 35.5. The molecule has 0 aliphatic rings. The van der Waals surface area contributed by atoms with Gasteiger partial charge in [-0.1, -0.05) is 53.5 Å². The van der Waals surface area contributed by atoms with Crippen LogP contribution in [-0.4, -0.2) is 24.0 Å². The average Bonchev–Trinajstić information content (AvgIpc) is 2.62. The first kappa shape index (κ1) is 20.3. The van der Waals surface area contributed by atoms with Gasteiger partial charge in [-0.2, -0.15) is 0 Å². The minimum absolute atomic E-state index is 0.0429. The summed E-state index contributed by atoms with van der Waals surface area (Å²) in [4.78, 5) is 24.4. The van der Waals surface area contributed by atoms with E-state index in [9.17, 15) is 9.59 Å². The van der Waals surface area contributed by atoms with Gasteiger partial charge in [-0.15, -0.1) is 0 Å². The van der Waals surface area contributed by atoms with Crippen LogP contribution in [0.15, 0.2) is 48.5 Å². The second kappa shape index (κ2) is 9.60. The third kappa shape index (κ3) is 6.04. The first-order valence-electron chi connectivity index (χ1n) is 8.37. The van der Waals surface area contributed by atoms with Crippen LogP contribution in [0.5, 0.6) is 0 Å². The molecule has 0 fully saturated rings. The van der Waals surface area contributed by atoms with E-state index in [2.05, 4.69) is 5.32 Å². The maximum absolute atomic E-state index is 12.2. The molecule has 0 unspecified atom stereocenters. The summed E-state index contributed by atoms with van der Waals surface area (Å²) in [5.41, 5.74) is 1.35. The van der Waals surface area contributed by atoms with E-state index in [-0.39, 0.29) is 22.5 Å². The second-order valence-corrected chi connectivity index (χ2v) is 6.95. The van der Waals surface area contributed by atoms with E-state index in [0.717, 1.165) is 12.8 Å². The number of esters is 1.